The van der Waals surface area contributed by atoms with Gasteiger partial charge in [-0.1, -0.05) is 0 Å². The van der Waals surface area contributed by atoms with Gasteiger partial charge in [0.2, 0.25) is 11.7 Å². The van der Waals surface area contributed by atoms with Crippen LogP contribution in [0.3, 0.4) is 0 Å². The zero-order chi connectivity index (χ0) is 15.7. The molecule has 0 fully saturated rings. The van der Waals surface area contributed by atoms with Gasteiger partial charge in [0.1, 0.15) is 12.1 Å². The minimum Gasteiger partial charge on any atom is -0.461 e. The number of hydrogen-bond acceptors (Lipinski definition) is 5. The number of aliphatic hydroxyl groups excluding tert-OH is 1. The lowest BCUT2D eigenvalue weighted by Crippen LogP contribution is -2.46. The molecule has 1 amide bonds. The van der Waals surface area contributed by atoms with E-state index in [0.29, 0.717) is 6.21 Å². The normalized spacial score (nSPS) is 13.1. The highest BCUT2D eigenvalue weighted by atomic mass is 16.5. The molecule has 0 saturated heterocycles. The molecule has 20 heavy (non-hydrogen) atoms. The van der Waals surface area contributed by atoms with E-state index >= 15 is 0 Å². The van der Waals surface area contributed by atoms with Crippen molar-refractivity contribution in [1.29, 1.82) is 0 Å². The van der Waals surface area contributed by atoms with Crippen LogP contribution >= 0.6 is 0 Å². The van der Waals surface area contributed by atoms with E-state index in [1.807, 2.05) is 0 Å². The van der Waals surface area contributed by atoms with Gasteiger partial charge < -0.3 is 20.7 Å². The highest BCUT2D eigenvalue weighted by Gasteiger charge is 2.25. The second-order valence-electron chi connectivity index (χ2n) is 4.47. The summed E-state index contributed by atoms with van der Waals surface area (Å²) in [7, 11) is 0. The predicted octanol–water partition coefficient (Wildman–Crippen LogP) is -0.546. The maximum atomic E-state index is 11.8. The van der Waals surface area contributed by atoms with Gasteiger partial charge in [-0.05, 0) is 27.2 Å². The van der Waals surface area contributed by atoms with Gasteiger partial charge in [-0.25, -0.2) is 4.79 Å². The number of hydrogen-bond donors (Lipinski definition) is 2. The smallest absolute Gasteiger partial charge is 0.328 e. The van der Waals surface area contributed by atoms with E-state index in [1.165, 1.54) is 6.92 Å². The van der Waals surface area contributed by atoms with Crippen LogP contribution in [0.15, 0.2) is 0 Å². The summed E-state index contributed by atoms with van der Waals surface area (Å²) in [6.45, 7) is 4.55. The van der Waals surface area contributed by atoms with Gasteiger partial charge in [0.25, 0.3) is 0 Å². The van der Waals surface area contributed by atoms with E-state index in [9.17, 15) is 14.4 Å². The Hall–Kier alpha value is -2.05. The zero-order valence-corrected chi connectivity index (χ0v) is 11.7. The average Bonchev–Trinajstić information content (AvgIpc) is 2.33. The van der Waals surface area contributed by atoms with Crippen molar-refractivity contribution in [3.63, 3.8) is 0 Å². The topological polar surface area (TPSA) is 129 Å². The lowest BCUT2D eigenvalue weighted by molar-refractivity contribution is -0.152. The Labute approximate surface area is 116 Å². The van der Waals surface area contributed by atoms with E-state index in [4.69, 9.17) is 15.4 Å². The first-order valence-corrected chi connectivity index (χ1v) is 6.17. The predicted molar refractivity (Wildman–Crippen MR) is 68.8 cm³/mol. The number of carbonyl (C=O) groups excluding carboxylic acids is 3. The molecule has 112 valence electrons. The number of ketones is 1. The Bertz CT molecular complexity index is 413. The van der Waals surface area contributed by atoms with Crippen molar-refractivity contribution in [2.24, 2.45) is 0 Å². The average molecular weight is 285 g/mol. The largest absolute Gasteiger partial charge is 0.461 e. The molecule has 8 heteroatoms. The van der Waals surface area contributed by atoms with Crippen molar-refractivity contribution in [1.82, 2.24) is 5.32 Å². The first kappa shape index (κ1) is 17.9. The molecule has 0 aliphatic rings. The van der Waals surface area contributed by atoms with Crippen LogP contribution in [0.5, 0.6) is 0 Å². The second-order valence-corrected chi connectivity index (χ2v) is 4.47. The Morgan fingerprint density at radius 2 is 1.95 bits per heavy atom. The number of carbonyl (C=O) groups is 3. The molecule has 0 saturated carbocycles. The number of Topliss-reactive ketones (excluding diaryl/α,β-unsaturated/α-hetero) is 1. The Morgan fingerprint density at radius 1 is 1.35 bits per heavy atom. The molecule has 0 spiro atoms. The molecule has 0 heterocycles. The zero-order valence-electron chi connectivity index (χ0n) is 11.7. The maximum absolute atomic E-state index is 11.8. The fourth-order valence-corrected chi connectivity index (χ4v) is 1.27. The summed E-state index contributed by atoms with van der Waals surface area (Å²) in [4.78, 5) is 36.9. The van der Waals surface area contributed by atoms with Gasteiger partial charge in [-0.2, -0.15) is 4.79 Å². The van der Waals surface area contributed by atoms with E-state index in [0.717, 1.165) is 0 Å². The van der Waals surface area contributed by atoms with Gasteiger partial charge in [-0.15, -0.1) is 0 Å². The van der Waals surface area contributed by atoms with Crippen molar-refractivity contribution >= 4 is 23.9 Å². The van der Waals surface area contributed by atoms with Gasteiger partial charge in [0.15, 0.2) is 0 Å². The van der Waals surface area contributed by atoms with Gasteiger partial charge in [0.05, 0.1) is 6.10 Å². The molecule has 0 radical (unpaired) electrons. The third-order valence-electron chi connectivity index (χ3n) is 2.21. The number of nitrogens with one attached hydrogen (secondary N) is 1. The fourth-order valence-electron chi connectivity index (χ4n) is 1.27. The van der Waals surface area contributed by atoms with Crippen LogP contribution in [0, 0.1) is 0 Å². The molecule has 0 aliphatic heterocycles. The molecule has 0 aliphatic carbocycles. The minimum atomic E-state index is -1.28. The summed E-state index contributed by atoms with van der Waals surface area (Å²) in [5, 5.41) is 11.4. The number of esters is 1. The molecule has 2 atom stereocenters. The number of nitrogens with zero attached hydrogens (tertiary/aromatic N) is 2. The summed E-state index contributed by atoms with van der Waals surface area (Å²) in [6.07, 6.45) is -1.07. The van der Waals surface area contributed by atoms with Crippen molar-refractivity contribution < 1.29 is 29.0 Å². The molecule has 0 bridgehead atoms. The van der Waals surface area contributed by atoms with Crippen molar-refractivity contribution in [3.8, 4) is 0 Å². The number of rotatable bonds is 8. The maximum Gasteiger partial charge on any atom is 0.328 e. The van der Waals surface area contributed by atoms with Crippen molar-refractivity contribution in [3.05, 3.63) is 5.53 Å². The molecular weight excluding hydrogens is 266 g/mol. The third-order valence-corrected chi connectivity index (χ3v) is 2.21. The number of aliphatic hydroxyl groups is 1. The summed E-state index contributed by atoms with van der Waals surface area (Å²) in [5.74, 6) is -1.93. The summed E-state index contributed by atoms with van der Waals surface area (Å²) < 4.78 is 4.96. The molecule has 0 aromatic carbocycles. The van der Waals surface area contributed by atoms with Gasteiger partial charge in [0, 0.05) is 6.42 Å². The van der Waals surface area contributed by atoms with Crippen molar-refractivity contribution in [2.75, 3.05) is 0 Å². The second kappa shape index (κ2) is 8.95. The summed E-state index contributed by atoms with van der Waals surface area (Å²) in [6, 6.07) is -1.05. The molecular formula is C12H19N3O5. The van der Waals surface area contributed by atoms with Crippen LogP contribution in [0.1, 0.15) is 33.6 Å². The van der Waals surface area contributed by atoms with Crippen LogP contribution in [0.25, 0.3) is 5.53 Å². The van der Waals surface area contributed by atoms with Crippen LogP contribution in [0.4, 0.5) is 0 Å². The Balaban J connectivity index is 4.69. The molecule has 2 N–H and O–H groups in total. The SMILES string of the molecule is CC(C)OC(=O)C(CCC(=O)C=[N+]=[N-])NC(=O)[C@H](C)O. The lowest BCUT2D eigenvalue weighted by Gasteiger charge is -2.19. The Morgan fingerprint density at radius 3 is 2.40 bits per heavy atom. The lowest BCUT2D eigenvalue weighted by atomic mass is 10.1. The van der Waals surface area contributed by atoms with Crippen LogP contribution in [-0.4, -0.2) is 52.0 Å². The van der Waals surface area contributed by atoms with Crippen molar-refractivity contribution in [2.45, 2.75) is 51.9 Å². The fraction of sp³-hybridized carbons (Fsp3) is 0.667. The number of amides is 1. The quantitative estimate of drug-likeness (QED) is 0.267. The van der Waals surface area contributed by atoms with E-state index in [-0.39, 0.29) is 18.9 Å². The minimum absolute atomic E-state index is 0.0190. The monoisotopic (exact) mass is 285 g/mol. The first-order chi connectivity index (χ1) is 9.27. The summed E-state index contributed by atoms with van der Waals surface area (Å²) in [5.41, 5.74) is 8.20. The molecule has 8 nitrogen and oxygen atoms in total. The highest BCUT2D eigenvalue weighted by molar-refractivity contribution is 6.25. The van der Waals surface area contributed by atoms with Crippen LogP contribution < -0.4 is 5.32 Å². The molecule has 0 aromatic heterocycles. The van der Waals surface area contributed by atoms with Crippen LogP contribution in [-0.2, 0) is 19.1 Å². The van der Waals surface area contributed by atoms with E-state index < -0.39 is 29.8 Å². The van der Waals surface area contributed by atoms with E-state index in [2.05, 4.69) is 10.1 Å². The Kier molecular flexibility index (Phi) is 8.03. The van der Waals surface area contributed by atoms with Crippen LogP contribution in [0.2, 0.25) is 0 Å². The van der Waals surface area contributed by atoms with Gasteiger partial charge >= 0.3 is 12.2 Å². The molecule has 0 rings (SSSR count). The molecule has 0 aromatic rings. The number of ether oxygens (including phenoxy) is 1. The molecule has 1 unspecified atom stereocenters. The van der Waals surface area contributed by atoms with E-state index in [1.54, 1.807) is 13.8 Å². The highest BCUT2D eigenvalue weighted by Crippen LogP contribution is 2.03. The first-order valence-electron chi connectivity index (χ1n) is 6.17. The van der Waals surface area contributed by atoms with Gasteiger partial charge in [-0.3, -0.25) is 9.59 Å². The standard InChI is InChI=1S/C12H19N3O5/c1-7(2)20-12(19)10(15-11(18)8(3)16)5-4-9(17)6-14-13/h6-8,10,16H,4-5H2,1-3H3,(H,15,18)/t8-,10?/m0/s1. The third kappa shape index (κ3) is 7.40. The summed E-state index contributed by atoms with van der Waals surface area (Å²) >= 11 is 0.